The quantitative estimate of drug-likeness (QED) is 0.678. The molecule has 0 atom stereocenters. The minimum absolute atomic E-state index is 0.269. The van der Waals surface area contributed by atoms with E-state index in [0.29, 0.717) is 13.0 Å². The smallest absolute Gasteiger partial charge is 0.219 e. The van der Waals surface area contributed by atoms with Crippen LogP contribution in [0.2, 0.25) is 0 Å². The van der Waals surface area contributed by atoms with Crippen molar-refractivity contribution in [3.63, 3.8) is 0 Å². The number of ether oxygens (including phenoxy) is 1. The van der Waals surface area contributed by atoms with E-state index in [4.69, 9.17) is 10.5 Å². The number of hydrogen-bond donors (Lipinski definition) is 1. The van der Waals surface area contributed by atoms with Gasteiger partial charge in [-0.3, -0.25) is 4.79 Å². The first-order valence-electron chi connectivity index (χ1n) is 5.56. The molecular weight excluding hydrogens is 178 g/mol. The molecule has 2 saturated carbocycles. The van der Waals surface area contributed by atoms with Crippen molar-refractivity contribution in [3.8, 4) is 0 Å². The minimum Gasteiger partial charge on any atom is -0.381 e. The van der Waals surface area contributed by atoms with E-state index >= 15 is 0 Å². The lowest BCUT2D eigenvalue weighted by atomic mass is 9.52. The molecule has 80 valence electrons. The zero-order chi connectivity index (χ0) is 10.0. The molecule has 0 unspecified atom stereocenters. The highest BCUT2D eigenvalue weighted by molar-refractivity contribution is 5.73. The molecule has 2 fully saturated rings. The van der Waals surface area contributed by atoms with Crippen molar-refractivity contribution in [2.24, 2.45) is 17.1 Å². The molecule has 2 aliphatic carbocycles. The van der Waals surface area contributed by atoms with Crippen LogP contribution in [0.25, 0.3) is 0 Å². The fourth-order valence-corrected chi connectivity index (χ4v) is 2.79. The molecule has 0 heterocycles. The lowest BCUT2D eigenvalue weighted by molar-refractivity contribution is -0.119. The predicted molar refractivity (Wildman–Crippen MR) is 53.6 cm³/mol. The average molecular weight is 197 g/mol. The molecule has 1 amide bonds. The molecule has 0 bridgehead atoms. The maximum absolute atomic E-state index is 10.4. The van der Waals surface area contributed by atoms with Crippen LogP contribution in [0.1, 0.15) is 38.5 Å². The highest BCUT2D eigenvalue weighted by Crippen LogP contribution is 2.58. The van der Waals surface area contributed by atoms with E-state index in [1.54, 1.807) is 0 Å². The average Bonchev–Trinajstić information content (AvgIpc) is 1.96. The fourth-order valence-electron chi connectivity index (χ4n) is 2.79. The Bertz CT molecular complexity index is 215. The van der Waals surface area contributed by atoms with Gasteiger partial charge in [-0.15, -0.1) is 0 Å². The van der Waals surface area contributed by atoms with Crippen molar-refractivity contribution in [1.29, 1.82) is 0 Å². The Hall–Kier alpha value is -0.570. The number of carbonyl (C=O) groups is 1. The predicted octanol–water partition coefficient (Wildman–Crippen LogP) is 1.46. The number of nitrogens with two attached hydrogens (primary N) is 1. The van der Waals surface area contributed by atoms with Gasteiger partial charge in [-0.1, -0.05) is 6.42 Å². The second-order valence-corrected chi connectivity index (χ2v) is 4.92. The number of hydrogen-bond acceptors (Lipinski definition) is 2. The normalized spacial score (nSPS) is 24.3. The van der Waals surface area contributed by atoms with E-state index in [9.17, 15) is 4.79 Å². The van der Waals surface area contributed by atoms with Crippen molar-refractivity contribution in [1.82, 2.24) is 0 Å². The number of primary amides is 1. The molecule has 0 aromatic carbocycles. The molecule has 2 aliphatic rings. The SMILES string of the molecule is NC(=O)CCOCC1CC2(CCC2)C1. The zero-order valence-electron chi connectivity index (χ0n) is 8.63. The number of carbonyl (C=O) groups excluding carboxylic acids is 1. The summed E-state index contributed by atoms with van der Waals surface area (Å²) in [6.07, 6.45) is 7.36. The van der Waals surface area contributed by atoms with Gasteiger partial charge < -0.3 is 10.5 Å². The topological polar surface area (TPSA) is 52.3 Å². The highest BCUT2D eigenvalue weighted by atomic mass is 16.5. The van der Waals surface area contributed by atoms with Crippen LogP contribution in [0, 0.1) is 11.3 Å². The fraction of sp³-hybridized carbons (Fsp3) is 0.909. The van der Waals surface area contributed by atoms with Gasteiger partial charge in [0.05, 0.1) is 6.61 Å². The van der Waals surface area contributed by atoms with Crippen LogP contribution in [-0.4, -0.2) is 19.1 Å². The Morgan fingerprint density at radius 3 is 2.64 bits per heavy atom. The first-order valence-corrected chi connectivity index (χ1v) is 5.56. The van der Waals surface area contributed by atoms with Crippen molar-refractivity contribution in [2.45, 2.75) is 38.5 Å². The first kappa shape index (κ1) is 9.97. The number of amides is 1. The molecule has 3 nitrogen and oxygen atoms in total. The summed E-state index contributed by atoms with van der Waals surface area (Å²) < 4.78 is 5.41. The van der Waals surface area contributed by atoms with E-state index in [2.05, 4.69) is 0 Å². The Morgan fingerprint density at radius 1 is 1.43 bits per heavy atom. The van der Waals surface area contributed by atoms with Gasteiger partial charge in [0.25, 0.3) is 0 Å². The van der Waals surface area contributed by atoms with Crippen molar-refractivity contribution in [2.75, 3.05) is 13.2 Å². The van der Waals surface area contributed by atoms with Crippen LogP contribution < -0.4 is 5.73 Å². The summed E-state index contributed by atoms with van der Waals surface area (Å²) in [5.74, 6) is 0.484. The maximum Gasteiger partial charge on any atom is 0.219 e. The van der Waals surface area contributed by atoms with Gasteiger partial charge in [0.15, 0.2) is 0 Å². The third-order valence-electron chi connectivity index (χ3n) is 3.70. The van der Waals surface area contributed by atoms with Gasteiger partial charge in [0.2, 0.25) is 5.91 Å². The molecule has 14 heavy (non-hydrogen) atoms. The van der Waals surface area contributed by atoms with E-state index < -0.39 is 0 Å². The van der Waals surface area contributed by atoms with Gasteiger partial charge in [-0.25, -0.2) is 0 Å². The van der Waals surface area contributed by atoms with Crippen LogP contribution in [0.5, 0.6) is 0 Å². The molecule has 2 rings (SSSR count). The van der Waals surface area contributed by atoms with Crippen molar-refractivity contribution >= 4 is 5.91 Å². The molecule has 0 saturated heterocycles. The lowest BCUT2D eigenvalue weighted by Crippen LogP contribution is -2.44. The Balaban J connectivity index is 1.50. The summed E-state index contributed by atoms with van der Waals surface area (Å²) in [5.41, 5.74) is 5.74. The van der Waals surface area contributed by atoms with Crippen LogP contribution in [0.3, 0.4) is 0 Å². The largest absolute Gasteiger partial charge is 0.381 e. The van der Waals surface area contributed by atoms with Gasteiger partial charge in [-0.05, 0) is 37.0 Å². The molecule has 0 radical (unpaired) electrons. The van der Waals surface area contributed by atoms with E-state index in [0.717, 1.165) is 17.9 Å². The third kappa shape index (κ3) is 2.08. The summed E-state index contributed by atoms with van der Waals surface area (Å²) in [5, 5.41) is 0. The molecule has 1 spiro atoms. The maximum atomic E-state index is 10.4. The van der Waals surface area contributed by atoms with E-state index in [-0.39, 0.29) is 5.91 Å². The standard InChI is InChI=1S/C11H19NO2/c12-10(13)2-5-14-8-9-6-11(7-9)3-1-4-11/h9H,1-8H2,(H2,12,13). The first-order chi connectivity index (χ1) is 6.70. The highest BCUT2D eigenvalue weighted by Gasteiger charge is 2.47. The van der Waals surface area contributed by atoms with Crippen LogP contribution in [0.15, 0.2) is 0 Å². The molecule has 0 aromatic heterocycles. The van der Waals surface area contributed by atoms with E-state index in [1.165, 1.54) is 32.1 Å². The third-order valence-corrected chi connectivity index (χ3v) is 3.70. The summed E-state index contributed by atoms with van der Waals surface area (Å²) >= 11 is 0. The Kier molecular flexibility index (Phi) is 2.77. The Morgan fingerprint density at radius 2 is 2.14 bits per heavy atom. The minimum atomic E-state index is -0.269. The summed E-state index contributed by atoms with van der Waals surface area (Å²) in [7, 11) is 0. The zero-order valence-corrected chi connectivity index (χ0v) is 8.63. The number of rotatable bonds is 5. The van der Waals surface area contributed by atoms with Gasteiger partial charge >= 0.3 is 0 Å². The molecule has 0 aliphatic heterocycles. The monoisotopic (exact) mass is 197 g/mol. The molecule has 0 aromatic rings. The van der Waals surface area contributed by atoms with Crippen molar-refractivity contribution in [3.05, 3.63) is 0 Å². The van der Waals surface area contributed by atoms with Gasteiger partial charge in [-0.2, -0.15) is 0 Å². The van der Waals surface area contributed by atoms with Crippen LogP contribution in [-0.2, 0) is 9.53 Å². The molecular formula is C11H19NO2. The van der Waals surface area contributed by atoms with Gasteiger partial charge in [0, 0.05) is 13.0 Å². The molecule has 2 N–H and O–H groups in total. The van der Waals surface area contributed by atoms with Gasteiger partial charge in [0.1, 0.15) is 0 Å². The van der Waals surface area contributed by atoms with Crippen LogP contribution >= 0.6 is 0 Å². The molecule has 3 heteroatoms. The summed E-state index contributed by atoms with van der Waals surface area (Å²) in [4.78, 5) is 10.4. The second kappa shape index (κ2) is 3.89. The van der Waals surface area contributed by atoms with Crippen molar-refractivity contribution < 1.29 is 9.53 Å². The lowest BCUT2D eigenvalue weighted by Gasteiger charge is -2.54. The Labute approximate surface area is 85.0 Å². The van der Waals surface area contributed by atoms with E-state index in [1.807, 2.05) is 0 Å². The summed E-state index contributed by atoms with van der Waals surface area (Å²) in [6.45, 7) is 1.33. The summed E-state index contributed by atoms with van der Waals surface area (Å²) in [6, 6.07) is 0. The second-order valence-electron chi connectivity index (χ2n) is 4.92. The van der Waals surface area contributed by atoms with Crippen LogP contribution in [0.4, 0.5) is 0 Å².